The van der Waals surface area contributed by atoms with Crippen LogP contribution < -0.4 is 10.1 Å². The van der Waals surface area contributed by atoms with Crippen LogP contribution in [0.25, 0.3) is 0 Å². The Hall–Kier alpha value is -1.86. The number of aliphatic hydroxyl groups is 1. The minimum atomic E-state index is -0.459. The second-order valence-electron chi connectivity index (χ2n) is 4.05. The lowest BCUT2D eigenvalue weighted by molar-refractivity contribution is -0.385. The van der Waals surface area contributed by atoms with E-state index in [4.69, 9.17) is 14.6 Å². The molecule has 20 heavy (non-hydrogen) atoms. The Balaban J connectivity index is 2.61. The van der Waals surface area contributed by atoms with Crippen LogP contribution in [-0.4, -0.2) is 43.0 Å². The van der Waals surface area contributed by atoms with Gasteiger partial charge < -0.3 is 19.9 Å². The van der Waals surface area contributed by atoms with Crippen molar-refractivity contribution in [2.24, 2.45) is 0 Å². The number of rotatable bonds is 10. The van der Waals surface area contributed by atoms with Crippen molar-refractivity contribution in [3.05, 3.63) is 28.3 Å². The number of ether oxygens (including phenoxy) is 2. The van der Waals surface area contributed by atoms with Crippen molar-refractivity contribution in [3.8, 4) is 5.75 Å². The molecule has 7 heteroatoms. The van der Waals surface area contributed by atoms with Crippen molar-refractivity contribution in [3.63, 3.8) is 0 Å². The Bertz CT molecular complexity index is 425. The van der Waals surface area contributed by atoms with E-state index in [1.54, 1.807) is 12.1 Å². The third-order valence-corrected chi connectivity index (χ3v) is 2.43. The zero-order chi connectivity index (χ0) is 14.8. The van der Waals surface area contributed by atoms with Gasteiger partial charge in [-0.25, -0.2) is 0 Å². The van der Waals surface area contributed by atoms with Gasteiger partial charge in [0.1, 0.15) is 0 Å². The summed E-state index contributed by atoms with van der Waals surface area (Å²) in [6.45, 7) is 3.66. The summed E-state index contributed by atoms with van der Waals surface area (Å²) in [6, 6.07) is 4.66. The SMILES string of the molecule is CCCOc1cc(NCCOCCO)ccc1[N+](=O)[O-]. The lowest BCUT2D eigenvalue weighted by Crippen LogP contribution is -2.11. The minimum Gasteiger partial charge on any atom is -0.487 e. The summed E-state index contributed by atoms with van der Waals surface area (Å²) in [5.74, 6) is 0.262. The van der Waals surface area contributed by atoms with Gasteiger partial charge in [0.2, 0.25) is 0 Å². The van der Waals surface area contributed by atoms with Crippen LogP contribution in [0, 0.1) is 10.1 Å². The molecule has 0 saturated carbocycles. The maximum Gasteiger partial charge on any atom is 0.311 e. The van der Waals surface area contributed by atoms with Crippen LogP contribution in [0.3, 0.4) is 0 Å². The zero-order valence-corrected chi connectivity index (χ0v) is 11.5. The van der Waals surface area contributed by atoms with Crippen molar-refractivity contribution < 1.29 is 19.5 Å². The summed E-state index contributed by atoms with van der Waals surface area (Å²) >= 11 is 0. The van der Waals surface area contributed by atoms with Gasteiger partial charge in [-0.1, -0.05) is 6.92 Å². The molecule has 0 unspecified atom stereocenters. The molecule has 1 aromatic carbocycles. The van der Waals surface area contributed by atoms with Gasteiger partial charge in [0.25, 0.3) is 0 Å². The van der Waals surface area contributed by atoms with Gasteiger partial charge >= 0.3 is 5.69 Å². The minimum absolute atomic E-state index is 0.00740. The molecule has 112 valence electrons. The highest BCUT2D eigenvalue weighted by Crippen LogP contribution is 2.30. The molecule has 1 aromatic rings. The first-order chi connectivity index (χ1) is 9.69. The molecule has 7 nitrogen and oxygen atoms in total. The first-order valence-electron chi connectivity index (χ1n) is 6.52. The maximum atomic E-state index is 10.9. The summed E-state index contributed by atoms with van der Waals surface area (Å²) in [7, 11) is 0. The largest absolute Gasteiger partial charge is 0.487 e. The molecule has 0 radical (unpaired) electrons. The van der Waals surface area contributed by atoms with Crippen LogP contribution in [0.5, 0.6) is 5.75 Å². The average molecular weight is 284 g/mol. The third kappa shape index (κ3) is 5.41. The molecule has 0 aliphatic heterocycles. The van der Waals surface area contributed by atoms with E-state index in [0.717, 1.165) is 12.1 Å². The molecule has 2 N–H and O–H groups in total. The Morgan fingerprint density at radius 3 is 2.80 bits per heavy atom. The van der Waals surface area contributed by atoms with Crippen molar-refractivity contribution in [1.82, 2.24) is 0 Å². The fourth-order valence-corrected chi connectivity index (χ4v) is 1.54. The molecule has 0 aliphatic carbocycles. The molecule has 0 bridgehead atoms. The van der Waals surface area contributed by atoms with E-state index in [-0.39, 0.29) is 18.0 Å². The third-order valence-electron chi connectivity index (χ3n) is 2.43. The quantitative estimate of drug-likeness (QED) is 0.386. The summed E-state index contributed by atoms with van der Waals surface area (Å²) in [5.41, 5.74) is 0.690. The van der Waals surface area contributed by atoms with Crippen molar-refractivity contribution >= 4 is 11.4 Å². The number of anilines is 1. The lowest BCUT2D eigenvalue weighted by atomic mass is 10.2. The van der Waals surface area contributed by atoms with Crippen molar-refractivity contribution in [1.29, 1.82) is 0 Å². The topological polar surface area (TPSA) is 93.9 Å². The molecular formula is C13H20N2O5. The smallest absolute Gasteiger partial charge is 0.311 e. The Labute approximate surface area is 117 Å². The van der Waals surface area contributed by atoms with Crippen LogP contribution in [0.4, 0.5) is 11.4 Å². The second kappa shape index (κ2) is 9.11. The second-order valence-corrected chi connectivity index (χ2v) is 4.05. The van der Waals surface area contributed by atoms with Crippen LogP contribution in [0.15, 0.2) is 18.2 Å². The number of benzene rings is 1. The fourth-order valence-electron chi connectivity index (χ4n) is 1.54. The Morgan fingerprint density at radius 1 is 1.35 bits per heavy atom. The first kappa shape index (κ1) is 16.2. The van der Waals surface area contributed by atoms with Crippen LogP contribution in [0.2, 0.25) is 0 Å². The number of aliphatic hydroxyl groups excluding tert-OH is 1. The Morgan fingerprint density at radius 2 is 2.15 bits per heavy atom. The number of hydrogen-bond acceptors (Lipinski definition) is 6. The van der Waals surface area contributed by atoms with Crippen LogP contribution in [0.1, 0.15) is 13.3 Å². The molecule has 1 rings (SSSR count). The molecular weight excluding hydrogens is 264 g/mol. The molecule has 0 atom stereocenters. The van der Waals surface area contributed by atoms with Gasteiger partial charge in [-0.15, -0.1) is 0 Å². The highest BCUT2D eigenvalue weighted by Gasteiger charge is 2.15. The van der Waals surface area contributed by atoms with E-state index in [1.165, 1.54) is 6.07 Å². The highest BCUT2D eigenvalue weighted by atomic mass is 16.6. The number of hydrogen-bond donors (Lipinski definition) is 2. The van der Waals surface area contributed by atoms with Gasteiger partial charge in [-0.3, -0.25) is 10.1 Å². The van der Waals surface area contributed by atoms with Crippen molar-refractivity contribution in [2.45, 2.75) is 13.3 Å². The molecule has 0 heterocycles. The Kier molecular flexibility index (Phi) is 7.38. The maximum absolute atomic E-state index is 10.9. The summed E-state index contributed by atoms with van der Waals surface area (Å²) < 4.78 is 10.5. The monoisotopic (exact) mass is 284 g/mol. The van der Waals surface area contributed by atoms with Crippen LogP contribution >= 0.6 is 0 Å². The van der Waals surface area contributed by atoms with E-state index in [9.17, 15) is 10.1 Å². The van der Waals surface area contributed by atoms with E-state index in [0.29, 0.717) is 26.4 Å². The lowest BCUT2D eigenvalue weighted by Gasteiger charge is -2.10. The van der Waals surface area contributed by atoms with Gasteiger partial charge in [0, 0.05) is 24.4 Å². The normalized spacial score (nSPS) is 10.3. The molecule has 0 spiro atoms. The zero-order valence-electron chi connectivity index (χ0n) is 11.5. The molecule has 0 fully saturated rings. The molecule has 0 aliphatic rings. The van der Waals surface area contributed by atoms with Gasteiger partial charge in [-0.2, -0.15) is 0 Å². The van der Waals surface area contributed by atoms with E-state index in [1.807, 2.05) is 6.92 Å². The van der Waals surface area contributed by atoms with Crippen molar-refractivity contribution in [2.75, 3.05) is 38.3 Å². The molecule has 0 aromatic heterocycles. The predicted octanol–water partition coefficient (Wildman–Crippen LogP) is 1.80. The number of nitrogens with one attached hydrogen (secondary N) is 1. The number of nitrogens with zero attached hydrogens (tertiary/aromatic N) is 1. The number of nitro groups is 1. The van der Waals surface area contributed by atoms with Gasteiger partial charge in [0.05, 0.1) is 31.4 Å². The predicted molar refractivity (Wildman–Crippen MR) is 75.3 cm³/mol. The van der Waals surface area contributed by atoms with E-state index in [2.05, 4.69) is 5.32 Å². The van der Waals surface area contributed by atoms with E-state index < -0.39 is 4.92 Å². The summed E-state index contributed by atoms with van der Waals surface area (Å²) in [6.07, 6.45) is 0.782. The number of nitro benzene ring substituents is 1. The fraction of sp³-hybridized carbons (Fsp3) is 0.538. The summed E-state index contributed by atoms with van der Waals surface area (Å²) in [5, 5.41) is 22.5. The van der Waals surface area contributed by atoms with Crippen LogP contribution in [-0.2, 0) is 4.74 Å². The van der Waals surface area contributed by atoms with E-state index >= 15 is 0 Å². The molecule has 0 amide bonds. The summed E-state index contributed by atoms with van der Waals surface area (Å²) in [4.78, 5) is 10.4. The van der Waals surface area contributed by atoms with Gasteiger partial charge in [-0.05, 0) is 12.5 Å². The van der Waals surface area contributed by atoms with Gasteiger partial charge in [0.15, 0.2) is 5.75 Å². The standard InChI is InChI=1S/C13H20N2O5/c1-2-7-20-13-10-11(3-4-12(13)15(17)18)14-5-8-19-9-6-16/h3-4,10,14,16H,2,5-9H2,1H3. The molecule has 0 saturated heterocycles. The first-order valence-corrected chi connectivity index (χ1v) is 6.52. The highest BCUT2D eigenvalue weighted by molar-refractivity contribution is 5.57. The average Bonchev–Trinajstić information content (AvgIpc) is 2.44.